The van der Waals surface area contributed by atoms with E-state index in [9.17, 15) is 4.79 Å². The van der Waals surface area contributed by atoms with Gasteiger partial charge in [0.15, 0.2) is 0 Å². The minimum Gasteiger partial charge on any atom is -0.339 e. The van der Waals surface area contributed by atoms with E-state index in [1.165, 1.54) is 6.20 Å². The minimum absolute atomic E-state index is 0.0287. The van der Waals surface area contributed by atoms with Gasteiger partial charge in [0.2, 0.25) is 5.95 Å². The molecule has 1 amide bonds. The summed E-state index contributed by atoms with van der Waals surface area (Å²) in [5.41, 5.74) is 2.48. The number of carbonyl (C=O) groups excluding carboxylic acids is 1. The lowest BCUT2D eigenvalue weighted by Crippen LogP contribution is -2.48. The third-order valence-corrected chi connectivity index (χ3v) is 6.22. The van der Waals surface area contributed by atoms with Crippen LogP contribution in [-0.4, -0.2) is 69.0 Å². The molecule has 2 aromatic heterocycles. The topological polar surface area (TPSA) is 87.1 Å². The van der Waals surface area contributed by atoms with E-state index in [0.29, 0.717) is 17.8 Å². The number of hydrogen-bond acceptors (Lipinski definition) is 7. The zero-order chi connectivity index (χ0) is 21.8. The molecule has 0 aliphatic carbocycles. The van der Waals surface area contributed by atoms with Crippen molar-refractivity contribution < 1.29 is 4.79 Å². The van der Waals surface area contributed by atoms with Gasteiger partial charge in [-0.15, -0.1) is 0 Å². The molecule has 2 aliphatic heterocycles. The van der Waals surface area contributed by atoms with Crippen LogP contribution < -0.4 is 10.2 Å². The van der Waals surface area contributed by atoms with E-state index in [-0.39, 0.29) is 5.91 Å². The number of amides is 1. The molecule has 4 heterocycles. The zero-order valence-corrected chi connectivity index (χ0v) is 18.0. The van der Waals surface area contributed by atoms with Crippen molar-refractivity contribution in [1.82, 2.24) is 30.2 Å². The van der Waals surface area contributed by atoms with Crippen LogP contribution in [-0.2, 0) is 0 Å². The second kappa shape index (κ2) is 9.40. The summed E-state index contributed by atoms with van der Waals surface area (Å²) < 4.78 is 0. The van der Waals surface area contributed by atoms with Crippen LogP contribution in [0.2, 0.25) is 0 Å². The van der Waals surface area contributed by atoms with E-state index in [1.54, 1.807) is 12.4 Å². The molecule has 164 valence electrons. The first-order valence-electron chi connectivity index (χ1n) is 11.2. The van der Waals surface area contributed by atoms with Crippen LogP contribution in [0, 0.1) is 0 Å². The van der Waals surface area contributed by atoms with Crippen LogP contribution in [0.4, 0.5) is 5.95 Å². The van der Waals surface area contributed by atoms with E-state index in [4.69, 9.17) is 4.98 Å². The summed E-state index contributed by atoms with van der Waals surface area (Å²) in [4.78, 5) is 34.2. The first-order chi connectivity index (χ1) is 15.8. The summed E-state index contributed by atoms with van der Waals surface area (Å²) in [6, 6.07) is 13.0. The molecule has 8 heteroatoms. The number of hydrogen-bond donors (Lipinski definition) is 1. The number of aromatic nitrogens is 4. The second-order valence-corrected chi connectivity index (χ2v) is 8.36. The van der Waals surface area contributed by atoms with E-state index >= 15 is 0 Å². The van der Waals surface area contributed by atoms with Crippen molar-refractivity contribution in [3.05, 3.63) is 66.9 Å². The van der Waals surface area contributed by atoms with Gasteiger partial charge in [-0.1, -0.05) is 30.3 Å². The molecule has 1 atom stereocenters. The number of rotatable bonds is 5. The predicted octanol–water partition coefficient (Wildman–Crippen LogP) is 2.41. The molecule has 2 saturated heterocycles. The van der Waals surface area contributed by atoms with Crippen molar-refractivity contribution in [3.63, 3.8) is 0 Å². The lowest BCUT2D eigenvalue weighted by atomic mass is 10.0. The number of benzene rings is 1. The fraction of sp³-hybridized carbons (Fsp3) is 0.375. The highest BCUT2D eigenvalue weighted by Gasteiger charge is 2.29. The van der Waals surface area contributed by atoms with Crippen molar-refractivity contribution in [2.45, 2.75) is 31.3 Å². The van der Waals surface area contributed by atoms with Crippen LogP contribution in [0.5, 0.6) is 0 Å². The standard InChI is InChI=1S/C24H27N7O/c32-23(22-16-25-11-12-26-22)30-13-7-19(8-14-30)28-20-9-15-31(17-20)24-27-10-6-21(29-24)18-4-2-1-3-5-18/h1-6,10-12,16,19-20,28H,7-9,13-15,17H2. The normalized spacial score (nSPS) is 19.3. The van der Waals surface area contributed by atoms with Gasteiger partial charge in [0.1, 0.15) is 5.69 Å². The Labute approximate surface area is 187 Å². The fourth-order valence-corrected chi connectivity index (χ4v) is 4.50. The SMILES string of the molecule is O=C(c1cnccn1)N1CCC(NC2CCN(c3nccc(-c4ccccc4)n3)C2)CC1. The van der Waals surface area contributed by atoms with Crippen molar-refractivity contribution in [2.75, 3.05) is 31.1 Å². The first-order valence-corrected chi connectivity index (χ1v) is 11.2. The van der Waals surface area contributed by atoms with Gasteiger partial charge in [0.25, 0.3) is 5.91 Å². The van der Waals surface area contributed by atoms with Gasteiger partial charge < -0.3 is 15.1 Å². The van der Waals surface area contributed by atoms with Gasteiger partial charge in [0.05, 0.1) is 11.9 Å². The fourth-order valence-electron chi connectivity index (χ4n) is 4.50. The number of piperidine rings is 1. The number of likely N-dealkylation sites (tertiary alicyclic amines) is 1. The summed E-state index contributed by atoms with van der Waals surface area (Å²) in [7, 11) is 0. The maximum atomic E-state index is 12.6. The molecule has 8 nitrogen and oxygen atoms in total. The number of nitrogens with one attached hydrogen (secondary N) is 1. The number of anilines is 1. The molecule has 0 spiro atoms. The summed E-state index contributed by atoms with van der Waals surface area (Å²) in [5.74, 6) is 0.763. The molecular weight excluding hydrogens is 402 g/mol. The Hall–Kier alpha value is -3.39. The maximum absolute atomic E-state index is 12.6. The largest absolute Gasteiger partial charge is 0.339 e. The maximum Gasteiger partial charge on any atom is 0.274 e. The monoisotopic (exact) mass is 429 g/mol. The molecule has 2 fully saturated rings. The van der Waals surface area contributed by atoms with Crippen molar-refractivity contribution in [1.29, 1.82) is 0 Å². The molecule has 5 rings (SSSR count). The zero-order valence-electron chi connectivity index (χ0n) is 18.0. The van der Waals surface area contributed by atoms with E-state index in [0.717, 1.165) is 62.6 Å². The van der Waals surface area contributed by atoms with Crippen molar-refractivity contribution in [3.8, 4) is 11.3 Å². The van der Waals surface area contributed by atoms with Crippen LogP contribution in [0.1, 0.15) is 29.8 Å². The van der Waals surface area contributed by atoms with Gasteiger partial charge in [-0.05, 0) is 25.3 Å². The summed E-state index contributed by atoms with van der Waals surface area (Å²) in [5, 5.41) is 3.80. The minimum atomic E-state index is -0.0287. The van der Waals surface area contributed by atoms with Crippen LogP contribution in [0.15, 0.2) is 61.2 Å². The second-order valence-electron chi connectivity index (χ2n) is 8.36. The molecular formula is C24H27N7O. The van der Waals surface area contributed by atoms with Gasteiger partial charge in [-0.2, -0.15) is 0 Å². The van der Waals surface area contributed by atoms with Gasteiger partial charge in [-0.3, -0.25) is 9.78 Å². The molecule has 0 radical (unpaired) electrons. The Bertz CT molecular complexity index is 1040. The Morgan fingerprint density at radius 3 is 2.50 bits per heavy atom. The van der Waals surface area contributed by atoms with E-state index in [2.05, 4.69) is 37.3 Å². The van der Waals surface area contributed by atoms with E-state index < -0.39 is 0 Å². The number of nitrogens with zero attached hydrogens (tertiary/aromatic N) is 6. The Morgan fingerprint density at radius 1 is 0.906 bits per heavy atom. The smallest absolute Gasteiger partial charge is 0.274 e. The Morgan fingerprint density at radius 2 is 1.72 bits per heavy atom. The predicted molar refractivity (Wildman–Crippen MR) is 122 cm³/mol. The first kappa shape index (κ1) is 20.5. The molecule has 32 heavy (non-hydrogen) atoms. The molecule has 3 aromatic rings. The van der Waals surface area contributed by atoms with Crippen LogP contribution >= 0.6 is 0 Å². The highest BCUT2D eigenvalue weighted by Crippen LogP contribution is 2.22. The third kappa shape index (κ3) is 4.60. The lowest BCUT2D eigenvalue weighted by molar-refractivity contribution is 0.0696. The lowest BCUT2D eigenvalue weighted by Gasteiger charge is -2.33. The van der Waals surface area contributed by atoms with Crippen molar-refractivity contribution in [2.24, 2.45) is 0 Å². The van der Waals surface area contributed by atoms with Crippen LogP contribution in [0.3, 0.4) is 0 Å². The summed E-state index contributed by atoms with van der Waals surface area (Å²) >= 11 is 0. The molecule has 0 saturated carbocycles. The van der Waals surface area contributed by atoms with Crippen LogP contribution in [0.25, 0.3) is 11.3 Å². The van der Waals surface area contributed by atoms with Gasteiger partial charge >= 0.3 is 0 Å². The Kier molecular flexibility index (Phi) is 6.02. The molecule has 1 aromatic carbocycles. The highest BCUT2D eigenvalue weighted by molar-refractivity contribution is 5.92. The molecule has 2 aliphatic rings. The Balaban J connectivity index is 1.14. The van der Waals surface area contributed by atoms with Gasteiger partial charge in [0, 0.05) is 62.4 Å². The average Bonchev–Trinajstić information content (AvgIpc) is 3.34. The third-order valence-electron chi connectivity index (χ3n) is 6.22. The number of carbonyl (C=O) groups is 1. The summed E-state index contributed by atoms with van der Waals surface area (Å²) in [6.45, 7) is 3.33. The summed E-state index contributed by atoms with van der Waals surface area (Å²) in [6.07, 6.45) is 9.49. The van der Waals surface area contributed by atoms with Crippen molar-refractivity contribution >= 4 is 11.9 Å². The van der Waals surface area contributed by atoms with Gasteiger partial charge in [-0.25, -0.2) is 15.0 Å². The quantitative estimate of drug-likeness (QED) is 0.666. The average molecular weight is 430 g/mol. The molecule has 1 unspecified atom stereocenters. The molecule has 0 bridgehead atoms. The molecule has 1 N–H and O–H groups in total. The highest BCUT2D eigenvalue weighted by atomic mass is 16.2. The van der Waals surface area contributed by atoms with E-state index in [1.807, 2.05) is 35.4 Å².